The summed E-state index contributed by atoms with van der Waals surface area (Å²) in [6.07, 6.45) is 0.974. The van der Waals surface area contributed by atoms with Crippen molar-refractivity contribution in [1.82, 2.24) is 14.9 Å². The van der Waals surface area contributed by atoms with E-state index in [9.17, 15) is 4.79 Å². The quantitative estimate of drug-likeness (QED) is 0.775. The van der Waals surface area contributed by atoms with Gasteiger partial charge in [0.1, 0.15) is 5.69 Å². The molecule has 0 radical (unpaired) electrons. The monoisotopic (exact) mass is 275 g/mol. The number of rotatable bonds is 7. The summed E-state index contributed by atoms with van der Waals surface area (Å²) >= 11 is 0. The SMILES string of the molecule is COCCCNCCn1c(=O)c(C)nc2ccccc21. The number of fused-ring (bicyclic) bond motifs is 1. The van der Waals surface area contributed by atoms with Crippen LogP contribution < -0.4 is 10.9 Å². The average Bonchev–Trinajstić information content (AvgIpc) is 2.46. The molecule has 1 aromatic heterocycles. The first-order valence-corrected chi connectivity index (χ1v) is 6.90. The molecule has 0 amide bonds. The molecule has 108 valence electrons. The van der Waals surface area contributed by atoms with Crippen LogP contribution in [0, 0.1) is 6.92 Å². The van der Waals surface area contributed by atoms with Crippen molar-refractivity contribution in [3.63, 3.8) is 0 Å². The van der Waals surface area contributed by atoms with E-state index in [0.29, 0.717) is 12.2 Å². The fourth-order valence-electron chi connectivity index (χ4n) is 2.20. The number of nitrogens with zero attached hydrogens (tertiary/aromatic N) is 2. The topological polar surface area (TPSA) is 56.1 Å². The third-order valence-electron chi connectivity index (χ3n) is 3.23. The molecular weight excluding hydrogens is 254 g/mol. The third kappa shape index (κ3) is 3.43. The zero-order valence-electron chi connectivity index (χ0n) is 12.1. The Hall–Kier alpha value is -1.72. The first kappa shape index (κ1) is 14.7. The molecule has 0 fully saturated rings. The van der Waals surface area contributed by atoms with Gasteiger partial charge in [-0.1, -0.05) is 12.1 Å². The second kappa shape index (κ2) is 7.17. The van der Waals surface area contributed by atoms with Crippen LogP contribution >= 0.6 is 0 Å². The standard InChI is InChI=1S/C15H21N3O2/c1-12-15(19)18(10-9-16-8-5-11-20-2)14-7-4-3-6-13(14)17-12/h3-4,6-7,16H,5,8-11H2,1-2H3. The van der Waals surface area contributed by atoms with E-state index in [-0.39, 0.29) is 5.56 Å². The van der Waals surface area contributed by atoms with Gasteiger partial charge >= 0.3 is 0 Å². The van der Waals surface area contributed by atoms with E-state index in [1.807, 2.05) is 24.3 Å². The molecule has 0 atom stereocenters. The maximum atomic E-state index is 12.2. The molecule has 20 heavy (non-hydrogen) atoms. The number of aryl methyl sites for hydroxylation is 1. The van der Waals surface area contributed by atoms with Gasteiger partial charge in [-0.25, -0.2) is 4.98 Å². The highest BCUT2D eigenvalue weighted by Gasteiger charge is 2.06. The number of benzene rings is 1. The van der Waals surface area contributed by atoms with E-state index in [2.05, 4.69) is 10.3 Å². The van der Waals surface area contributed by atoms with Crippen molar-refractivity contribution in [2.24, 2.45) is 0 Å². The van der Waals surface area contributed by atoms with E-state index < -0.39 is 0 Å². The fraction of sp³-hybridized carbons (Fsp3) is 0.467. The molecule has 0 saturated carbocycles. The van der Waals surface area contributed by atoms with E-state index in [1.165, 1.54) is 0 Å². The van der Waals surface area contributed by atoms with Gasteiger partial charge in [-0.2, -0.15) is 0 Å². The molecule has 5 nitrogen and oxygen atoms in total. The Morgan fingerprint density at radius 1 is 1.30 bits per heavy atom. The second-order valence-corrected chi connectivity index (χ2v) is 4.74. The fourth-order valence-corrected chi connectivity index (χ4v) is 2.20. The Morgan fingerprint density at radius 3 is 2.90 bits per heavy atom. The molecule has 1 aromatic carbocycles. The van der Waals surface area contributed by atoms with E-state index >= 15 is 0 Å². The van der Waals surface area contributed by atoms with Crippen molar-refractivity contribution in [1.29, 1.82) is 0 Å². The summed E-state index contributed by atoms with van der Waals surface area (Å²) in [5, 5.41) is 3.32. The Morgan fingerprint density at radius 2 is 2.10 bits per heavy atom. The number of hydrogen-bond donors (Lipinski definition) is 1. The molecule has 1 heterocycles. The Labute approximate surface area is 118 Å². The molecule has 1 N–H and O–H groups in total. The van der Waals surface area contributed by atoms with Crippen molar-refractivity contribution < 1.29 is 4.74 Å². The number of nitrogens with one attached hydrogen (secondary N) is 1. The molecule has 0 spiro atoms. The van der Waals surface area contributed by atoms with Crippen LogP contribution in [0.25, 0.3) is 11.0 Å². The normalized spacial score (nSPS) is 11.1. The van der Waals surface area contributed by atoms with Crippen LogP contribution in [0.1, 0.15) is 12.1 Å². The number of ether oxygens (including phenoxy) is 1. The lowest BCUT2D eigenvalue weighted by Crippen LogP contribution is -2.30. The van der Waals surface area contributed by atoms with Gasteiger partial charge in [-0.3, -0.25) is 4.79 Å². The van der Waals surface area contributed by atoms with Crippen LogP contribution in [0.3, 0.4) is 0 Å². The van der Waals surface area contributed by atoms with Crippen LogP contribution in [0.15, 0.2) is 29.1 Å². The van der Waals surface area contributed by atoms with Gasteiger partial charge in [0.05, 0.1) is 11.0 Å². The first-order chi connectivity index (χ1) is 9.74. The molecule has 0 aliphatic carbocycles. The van der Waals surface area contributed by atoms with Crippen LogP contribution in [0.4, 0.5) is 0 Å². The minimum absolute atomic E-state index is 0.0117. The lowest BCUT2D eigenvalue weighted by atomic mass is 10.2. The summed E-state index contributed by atoms with van der Waals surface area (Å²) in [6, 6.07) is 7.74. The zero-order chi connectivity index (χ0) is 14.4. The molecular formula is C15H21N3O2. The summed E-state index contributed by atoms with van der Waals surface area (Å²) in [4.78, 5) is 16.5. The van der Waals surface area contributed by atoms with Crippen molar-refractivity contribution in [3.05, 3.63) is 40.3 Å². The van der Waals surface area contributed by atoms with Crippen LogP contribution in [-0.2, 0) is 11.3 Å². The van der Waals surface area contributed by atoms with Gasteiger partial charge in [0.15, 0.2) is 0 Å². The largest absolute Gasteiger partial charge is 0.385 e. The van der Waals surface area contributed by atoms with Crippen LogP contribution in [0.5, 0.6) is 0 Å². The Kier molecular flexibility index (Phi) is 5.26. The minimum Gasteiger partial charge on any atom is -0.385 e. The number of para-hydroxylation sites is 2. The van der Waals surface area contributed by atoms with Crippen molar-refractivity contribution >= 4 is 11.0 Å². The lowest BCUT2D eigenvalue weighted by molar-refractivity contribution is 0.194. The highest BCUT2D eigenvalue weighted by Crippen LogP contribution is 2.09. The van der Waals surface area contributed by atoms with Crippen molar-refractivity contribution in [3.8, 4) is 0 Å². The predicted molar refractivity (Wildman–Crippen MR) is 80.1 cm³/mol. The minimum atomic E-state index is -0.0117. The van der Waals surface area contributed by atoms with Gasteiger partial charge in [0.2, 0.25) is 0 Å². The second-order valence-electron chi connectivity index (χ2n) is 4.74. The van der Waals surface area contributed by atoms with Crippen LogP contribution in [0.2, 0.25) is 0 Å². The molecule has 0 unspecified atom stereocenters. The van der Waals surface area contributed by atoms with Crippen LogP contribution in [-0.4, -0.2) is 36.4 Å². The maximum absolute atomic E-state index is 12.2. The molecule has 0 aliphatic rings. The van der Waals surface area contributed by atoms with Gasteiger partial charge in [-0.05, 0) is 32.0 Å². The van der Waals surface area contributed by atoms with Crippen molar-refractivity contribution in [2.45, 2.75) is 19.9 Å². The molecule has 2 rings (SSSR count). The summed E-state index contributed by atoms with van der Waals surface area (Å²) in [5.41, 5.74) is 2.29. The van der Waals surface area contributed by atoms with Gasteiger partial charge in [-0.15, -0.1) is 0 Å². The lowest BCUT2D eigenvalue weighted by Gasteiger charge is -2.11. The summed E-state index contributed by atoms with van der Waals surface area (Å²) < 4.78 is 6.79. The zero-order valence-corrected chi connectivity index (χ0v) is 12.1. The number of methoxy groups -OCH3 is 1. The average molecular weight is 275 g/mol. The van der Waals surface area contributed by atoms with E-state index in [1.54, 1.807) is 18.6 Å². The van der Waals surface area contributed by atoms with Gasteiger partial charge < -0.3 is 14.6 Å². The van der Waals surface area contributed by atoms with E-state index in [4.69, 9.17) is 4.74 Å². The highest BCUT2D eigenvalue weighted by atomic mass is 16.5. The van der Waals surface area contributed by atoms with Crippen molar-refractivity contribution in [2.75, 3.05) is 26.8 Å². The number of hydrogen-bond acceptors (Lipinski definition) is 4. The maximum Gasteiger partial charge on any atom is 0.272 e. The highest BCUT2D eigenvalue weighted by molar-refractivity contribution is 5.74. The molecule has 5 heteroatoms. The Balaban J connectivity index is 2.09. The predicted octanol–water partition coefficient (Wildman–Crippen LogP) is 1.33. The molecule has 0 bridgehead atoms. The Bertz CT molecular complexity index is 622. The van der Waals surface area contributed by atoms with Gasteiger partial charge in [0, 0.05) is 26.8 Å². The van der Waals surface area contributed by atoms with Gasteiger partial charge in [0.25, 0.3) is 5.56 Å². The number of aromatic nitrogens is 2. The first-order valence-electron chi connectivity index (χ1n) is 6.90. The smallest absolute Gasteiger partial charge is 0.272 e. The molecule has 2 aromatic rings. The van der Waals surface area contributed by atoms with E-state index in [0.717, 1.165) is 37.2 Å². The summed E-state index contributed by atoms with van der Waals surface area (Å²) in [7, 11) is 1.70. The molecule has 0 aliphatic heterocycles. The third-order valence-corrected chi connectivity index (χ3v) is 3.23. The molecule has 0 saturated heterocycles. The summed E-state index contributed by atoms with van der Waals surface area (Å²) in [5.74, 6) is 0. The summed E-state index contributed by atoms with van der Waals surface area (Å²) in [6.45, 7) is 4.82.